The number of rotatable bonds is 2. The highest BCUT2D eigenvalue weighted by Crippen LogP contribution is 2.18. The Morgan fingerprint density at radius 1 is 1.64 bits per heavy atom. The molecule has 0 aliphatic carbocycles. The zero-order valence-electron chi connectivity index (χ0n) is 6.09. The molecule has 0 unspecified atom stereocenters. The number of likely N-dealkylation sites (tertiary alicyclic amines) is 1. The Balaban J connectivity index is 1.95. The highest BCUT2D eigenvalue weighted by Gasteiger charge is 2.14. The Morgan fingerprint density at radius 3 is 2.91 bits per heavy atom. The maximum absolute atomic E-state index is 4.31. The summed E-state index contributed by atoms with van der Waals surface area (Å²) in [6.45, 7) is 3.58. The molecule has 0 amide bonds. The lowest BCUT2D eigenvalue weighted by Crippen LogP contribution is -2.36. The molecule has 0 saturated carbocycles. The number of hydrogen-bond acceptors (Lipinski definition) is 3. The van der Waals surface area contributed by atoms with Crippen LogP contribution in [0.5, 0.6) is 0 Å². The topological polar surface area (TPSA) is 16.1 Å². The van der Waals surface area contributed by atoms with E-state index in [2.05, 4.69) is 32.5 Å². The van der Waals surface area contributed by atoms with Gasteiger partial charge in [-0.1, -0.05) is 0 Å². The molecule has 0 aromatic carbocycles. The van der Waals surface area contributed by atoms with Crippen molar-refractivity contribution in [2.75, 3.05) is 13.1 Å². The summed E-state index contributed by atoms with van der Waals surface area (Å²) in [5.74, 6) is 0. The van der Waals surface area contributed by atoms with Crippen LogP contribution in [0.3, 0.4) is 0 Å². The molecule has 1 aromatic rings. The molecule has 0 radical (unpaired) electrons. The fourth-order valence-corrected chi connectivity index (χ4v) is 2.68. The summed E-state index contributed by atoms with van der Waals surface area (Å²) in [5, 5.41) is 1.26. The van der Waals surface area contributed by atoms with Gasteiger partial charge in [-0.05, 0) is 42.1 Å². The third kappa shape index (κ3) is 1.91. The maximum atomic E-state index is 4.31. The highest BCUT2D eigenvalue weighted by atomic mass is 127. The van der Waals surface area contributed by atoms with Crippen molar-refractivity contribution >= 4 is 33.9 Å². The lowest BCUT2D eigenvalue weighted by atomic mass is 10.2. The molecule has 1 aliphatic heterocycles. The zero-order chi connectivity index (χ0) is 7.68. The number of thiazole rings is 1. The Hall–Kier alpha value is 0.320. The second kappa shape index (κ2) is 3.37. The van der Waals surface area contributed by atoms with Gasteiger partial charge in [0, 0.05) is 0 Å². The van der Waals surface area contributed by atoms with E-state index in [1.54, 1.807) is 11.3 Å². The minimum absolute atomic E-state index is 1.06. The van der Waals surface area contributed by atoms with Crippen LogP contribution in [-0.4, -0.2) is 23.0 Å². The summed E-state index contributed by atoms with van der Waals surface area (Å²) < 4.78 is 1.29. The van der Waals surface area contributed by atoms with Crippen LogP contribution in [0.1, 0.15) is 11.4 Å². The van der Waals surface area contributed by atoms with Crippen molar-refractivity contribution in [2.24, 2.45) is 0 Å². The SMILES string of the molecule is Ic1cnc(CN2CCC2)s1. The molecular weight excluding hydrogens is 271 g/mol. The lowest BCUT2D eigenvalue weighted by Gasteiger charge is -2.29. The largest absolute Gasteiger partial charge is 0.297 e. The van der Waals surface area contributed by atoms with E-state index in [4.69, 9.17) is 0 Å². The summed E-state index contributed by atoms with van der Waals surface area (Å²) in [7, 11) is 0. The maximum Gasteiger partial charge on any atom is 0.108 e. The molecule has 0 bridgehead atoms. The van der Waals surface area contributed by atoms with Crippen molar-refractivity contribution in [1.82, 2.24) is 9.88 Å². The summed E-state index contributed by atoms with van der Waals surface area (Å²) in [6, 6.07) is 0. The van der Waals surface area contributed by atoms with Crippen LogP contribution in [0.4, 0.5) is 0 Å². The summed E-state index contributed by atoms with van der Waals surface area (Å²) in [6.07, 6.45) is 3.31. The monoisotopic (exact) mass is 280 g/mol. The zero-order valence-corrected chi connectivity index (χ0v) is 9.06. The number of aromatic nitrogens is 1. The van der Waals surface area contributed by atoms with Gasteiger partial charge < -0.3 is 0 Å². The van der Waals surface area contributed by atoms with Gasteiger partial charge in [0.1, 0.15) is 5.01 Å². The van der Waals surface area contributed by atoms with Gasteiger partial charge in [0.05, 0.1) is 15.6 Å². The van der Waals surface area contributed by atoms with Gasteiger partial charge in [-0.25, -0.2) is 4.98 Å². The Labute approximate surface area is 83.8 Å². The average Bonchev–Trinajstić information content (AvgIpc) is 2.27. The van der Waals surface area contributed by atoms with Gasteiger partial charge in [-0.3, -0.25) is 4.90 Å². The number of hydrogen-bond donors (Lipinski definition) is 0. The predicted molar refractivity (Wildman–Crippen MR) is 54.7 cm³/mol. The summed E-state index contributed by atoms with van der Waals surface area (Å²) in [4.78, 5) is 6.73. The molecule has 2 rings (SSSR count). The van der Waals surface area contributed by atoms with Gasteiger partial charge in [0.15, 0.2) is 0 Å². The van der Waals surface area contributed by atoms with E-state index >= 15 is 0 Å². The molecule has 0 spiro atoms. The molecule has 0 N–H and O–H groups in total. The van der Waals surface area contributed by atoms with Crippen LogP contribution in [0.15, 0.2) is 6.20 Å². The third-order valence-electron chi connectivity index (χ3n) is 1.83. The minimum atomic E-state index is 1.06. The normalized spacial score (nSPS) is 18.3. The van der Waals surface area contributed by atoms with E-state index in [0.717, 1.165) is 6.54 Å². The van der Waals surface area contributed by atoms with E-state index in [1.807, 2.05) is 6.20 Å². The van der Waals surface area contributed by atoms with Crippen molar-refractivity contribution in [1.29, 1.82) is 0 Å². The van der Waals surface area contributed by atoms with E-state index in [9.17, 15) is 0 Å². The molecule has 0 atom stereocenters. The van der Waals surface area contributed by atoms with Gasteiger partial charge in [-0.15, -0.1) is 11.3 Å². The van der Waals surface area contributed by atoms with Crippen LogP contribution < -0.4 is 0 Å². The van der Waals surface area contributed by atoms with Crippen LogP contribution in [0.25, 0.3) is 0 Å². The van der Waals surface area contributed by atoms with E-state index in [0.29, 0.717) is 0 Å². The van der Waals surface area contributed by atoms with Gasteiger partial charge >= 0.3 is 0 Å². The second-order valence-electron chi connectivity index (χ2n) is 2.69. The standard InChI is InChI=1S/C7H9IN2S/c8-6-4-9-7(11-6)5-10-2-1-3-10/h4H,1-3,5H2. The Morgan fingerprint density at radius 2 is 2.45 bits per heavy atom. The molecule has 4 heteroatoms. The number of nitrogens with zero attached hydrogens (tertiary/aromatic N) is 2. The van der Waals surface area contributed by atoms with Gasteiger partial charge in [0.2, 0.25) is 0 Å². The number of halogens is 1. The lowest BCUT2D eigenvalue weighted by molar-refractivity contribution is 0.172. The fraction of sp³-hybridized carbons (Fsp3) is 0.571. The van der Waals surface area contributed by atoms with Gasteiger partial charge in [0.25, 0.3) is 0 Å². The first-order valence-corrected chi connectivity index (χ1v) is 5.57. The molecule has 2 heterocycles. The first-order chi connectivity index (χ1) is 5.34. The predicted octanol–water partition coefficient (Wildman–Crippen LogP) is 1.95. The third-order valence-corrected chi connectivity index (χ3v) is 3.54. The van der Waals surface area contributed by atoms with Crippen molar-refractivity contribution in [3.8, 4) is 0 Å². The molecule has 1 saturated heterocycles. The summed E-state index contributed by atoms with van der Waals surface area (Å²) in [5.41, 5.74) is 0. The molecular formula is C7H9IN2S. The van der Waals surface area contributed by atoms with Crippen LogP contribution in [0, 0.1) is 2.88 Å². The first-order valence-electron chi connectivity index (χ1n) is 3.67. The molecule has 1 fully saturated rings. The van der Waals surface area contributed by atoms with Crippen LogP contribution in [-0.2, 0) is 6.54 Å². The van der Waals surface area contributed by atoms with Crippen LogP contribution in [0.2, 0.25) is 0 Å². The second-order valence-corrected chi connectivity index (χ2v) is 5.70. The van der Waals surface area contributed by atoms with Gasteiger partial charge in [-0.2, -0.15) is 0 Å². The molecule has 60 valence electrons. The molecule has 11 heavy (non-hydrogen) atoms. The van der Waals surface area contributed by atoms with Crippen molar-refractivity contribution < 1.29 is 0 Å². The van der Waals surface area contributed by atoms with E-state index in [1.165, 1.54) is 27.4 Å². The van der Waals surface area contributed by atoms with E-state index in [-0.39, 0.29) is 0 Å². The molecule has 1 aliphatic rings. The fourth-order valence-electron chi connectivity index (χ4n) is 1.09. The van der Waals surface area contributed by atoms with Crippen molar-refractivity contribution in [2.45, 2.75) is 13.0 Å². The minimum Gasteiger partial charge on any atom is -0.297 e. The molecule has 1 aromatic heterocycles. The Bertz CT molecular complexity index is 244. The first kappa shape index (κ1) is 7.94. The highest BCUT2D eigenvalue weighted by molar-refractivity contribution is 14.1. The van der Waals surface area contributed by atoms with Crippen LogP contribution >= 0.6 is 33.9 Å². The van der Waals surface area contributed by atoms with E-state index < -0.39 is 0 Å². The van der Waals surface area contributed by atoms with Crippen molar-refractivity contribution in [3.63, 3.8) is 0 Å². The summed E-state index contributed by atoms with van der Waals surface area (Å²) >= 11 is 4.11. The smallest absolute Gasteiger partial charge is 0.108 e. The molecule has 2 nitrogen and oxygen atoms in total. The average molecular weight is 280 g/mol. The quantitative estimate of drug-likeness (QED) is 0.770. The van der Waals surface area contributed by atoms with Crippen molar-refractivity contribution in [3.05, 3.63) is 14.1 Å². The Kier molecular flexibility index (Phi) is 2.43.